The van der Waals surface area contributed by atoms with Gasteiger partial charge in [-0.2, -0.15) is 0 Å². The monoisotopic (exact) mass is 258 g/mol. The van der Waals surface area contributed by atoms with Crippen LogP contribution in [0.4, 0.5) is 5.69 Å². The predicted molar refractivity (Wildman–Crippen MR) is 81.7 cm³/mol. The Bertz CT molecular complexity index is 407. The normalized spacial score (nSPS) is 24.8. The number of hydrogen-bond acceptors (Lipinski definition) is 2. The fraction of sp³-hybridized carbons (Fsp3) is 0.647. The molecule has 0 amide bonds. The first-order chi connectivity index (χ1) is 9.36. The average molecular weight is 258 g/mol. The molecule has 2 heteroatoms. The molecule has 1 unspecified atom stereocenters. The van der Waals surface area contributed by atoms with Crippen LogP contribution in [-0.4, -0.2) is 31.1 Å². The van der Waals surface area contributed by atoms with Crippen molar-refractivity contribution >= 4 is 5.69 Å². The standard InChI is InChI=1S/C17H26N2/c1-2-14-8-11-19(12-9-14)13-15-7-10-18-17-6-4-3-5-16(15)17/h3-6,14-15,18H,2,7-13H2,1H3. The molecule has 1 aromatic carbocycles. The van der Waals surface area contributed by atoms with Crippen molar-refractivity contribution in [3.05, 3.63) is 29.8 Å². The Balaban J connectivity index is 1.62. The molecule has 0 spiro atoms. The molecular formula is C17H26N2. The topological polar surface area (TPSA) is 15.3 Å². The summed E-state index contributed by atoms with van der Waals surface area (Å²) in [6, 6.07) is 8.86. The van der Waals surface area contributed by atoms with Crippen molar-refractivity contribution in [2.45, 2.75) is 38.5 Å². The Morgan fingerprint density at radius 3 is 2.74 bits per heavy atom. The molecule has 2 nitrogen and oxygen atoms in total. The van der Waals surface area contributed by atoms with Crippen LogP contribution < -0.4 is 5.32 Å². The third-order valence-corrected chi connectivity index (χ3v) is 4.97. The fourth-order valence-electron chi connectivity index (χ4n) is 3.63. The second-order valence-electron chi connectivity index (χ2n) is 6.15. The van der Waals surface area contributed by atoms with E-state index in [0.717, 1.165) is 18.4 Å². The van der Waals surface area contributed by atoms with Crippen LogP contribution in [-0.2, 0) is 0 Å². The molecule has 1 atom stereocenters. The summed E-state index contributed by atoms with van der Waals surface area (Å²) in [6.45, 7) is 7.35. The van der Waals surface area contributed by atoms with Gasteiger partial charge in [-0.15, -0.1) is 0 Å². The largest absolute Gasteiger partial charge is 0.385 e. The summed E-state index contributed by atoms with van der Waals surface area (Å²) in [7, 11) is 0. The number of likely N-dealkylation sites (tertiary alicyclic amines) is 1. The number of nitrogens with zero attached hydrogens (tertiary/aromatic N) is 1. The number of hydrogen-bond donors (Lipinski definition) is 1. The van der Waals surface area contributed by atoms with Crippen molar-refractivity contribution < 1.29 is 0 Å². The fourth-order valence-corrected chi connectivity index (χ4v) is 3.63. The second kappa shape index (κ2) is 5.96. The Kier molecular flexibility index (Phi) is 4.07. The highest BCUT2D eigenvalue weighted by molar-refractivity contribution is 5.54. The lowest BCUT2D eigenvalue weighted by Gasteiger charge is -2.36. The molecule has 1 fully saturated rings. The third kappa shape index (κ3) is 2.94. The van der Waals surface area contributed by atoms with Gasteiger partial charge in [-0.05, 0) is 49.9 Å². The molecule has 19 heavy (non-hydrogen) atoms. The number of anilines is 1. The Morgan fingerprint density at radius 2 is 1.95 bits per heavy atom. The number of rotatable bonds is 3. The van der Waals surface area contributed by atoms with E-state index >= 15 is 0 Å². The molecule has 0 aliphatic carbocycles. The zero-order valence-electron chi connectivity index (χ0n) is 12.1. The van der Waals surface area contributed by atoms with Crippen LogP contribution in [0.25, 0.3) is 0 Å². The molecule has 2 heterocycles. The van der Waals surface area contributed by atoms with Gasteiger partial charge in [-0.1, -0.05) is 31.5 Å². The van der Waals surface area contributed by atoms with Crippen molar-refractivity contribution in [2.24, 2.45) is 5.92 Å². The highest BCUT2D eigenvalue weighted by Crippen LogP contribution is 2.32. The summed E-state index contributed by atoms with van der Waals surface area (Å²) >= 11 is 0. The number of nitrogens with one attached hydrogen (secondary N) is 1. The summed E-state index contributed by atoms with van der Waals surface area (Å²) in [6.07, 6.45) is 5.46. The van der Waals surface area contributed by atoms with Crippen molar-refractivity contribution in [1.82, 2.24) is 4.90 Å². The average Bonchev–Trinajstić information content (AvgIpc) is 2.48. The first-order valence-electron chi connectivity index (χ1n) is 7.92. The third-order valence-electron chi connectivity index (χ3n) is 4.97. The van der Waals surface area contributed by atoms with Gasteiger partial charge in [0.15, 0.2) is 0 Å². The van der Waals surface area contributed by atoms with Crippen molar-refractivity contribution in [1.29, 1.82) is 0 Å². The first kappa shape index (κ1) is 13.0. The highest BCUT2D eigenvalue weighted by Gasteiger charge is 2.24. The smallest absolute Gasteiger partial charge is 0.0376 e. The van der Waals surface area contributed by atoms with Gasteiger partial charge in [-0.3, -0.25) is 0 Å². The van der Waals surface area contributed by atoms with E-state index in [4.69, 9.17) is 0 Å². The lowest BCUT2D eigenvalue weighted by molar-refractivity contribution is 0.171. The predicted octanol–water partition coefficient (Wildman–Crippen LogP) is 3.71. The van der Waals surface area contributed by atoms with Crippen molar-refractivity contribution in [3.63, 3.8) is 0 Å². The minimum absolute atomic E-state index is 0.732. The minimum atomic E-state index is 0.732. The molecule has 0 radical (unpaired) electrons. The van der Waals surface area contributed by atoms with Crippen LogP contribution in [0.15, 0.2) is 24.3 Å². The quantitative estimate of drug-likeness (QED) is 0.889. The lowest BCUT2D eigenvalue weighted by atomic mass is 9.88. The van der Waals surface area contributed by atoms with Gasteiger partial charge < -0.3 is 10.2 Å². The van der Waals surface area contributed by atoms with Crippen molar-refractivity contribution in [3.8, 4) is 0 Å². The zero-order valence-corrected chi connectivity index (χ0v) is 12.1. The molecule has 3 rings (SSSR count). The van der Waals surface area contributed by atoms with Gasteiger partial charge >= 0.3 is 0 Å². The molecule has 0 bridgehead atoms. The summed E-state index contributed by atoms with van der Waals surface area (Å²) < 4.78 is 0. The van der Waals surface area contributed by atoms with E-state index in [-0.39, 0.29) is 0 Å². The molecule has 2 aliphatic rings. The van der Waals surface area contributed by atoms with Gasteiger partial charge in [0.25, 0.3) is 0 Å². The van der Waals surface area contributed by atoms with Crippen LogP contribution in [0.2, 0.25) is 0 Å². The van der Waals surface area contributed by atoms with Gasteiger partial charge in [0.1, 0.15) is 0 Å². The van der Waals surface area contributed by atoms with Crippen LogP contribution in [0, 0.1) is 5.92 Å². The maximum absolute atomic E-state index is 3.53. The molecule has 1 aromatic rings. The van der Waals surface area contributed by atoms with Gasteiger partial charge in [-0.25, -0.2) is 0 Å². The van der Waals surface area contributed by atoms with E-state index in [1.54, 1.807) is 0 Å². The minimum Gasteiger partial charge on any atom is -0.385 e. The molecule has 2 aliphatic heterocycles. The number of benzene rings is 1. The van der Waals surface area contributed by atoms with E-state index in [9.17, 15) is 0 Å². The van der Waals surface area contributed by atoms with Crippen LogP contribution in [0.1, 0.15) is 44.1 Å². The summed E-state index contributed by atoms with van der Waals surface area (Å²) in [5, 5.41) is 3.53. The Morgan fingerprint density at radius 1 is 1.16 bits per heavy atom. The van der Waals surface area contributed by atoms with E-state index in [1.165, 1.54) is 56.6 Å². The van der Waals surface area contributed by atoms with E-state index in [1.807, 2.05) is 0 Å². The summed E-state index contributed by atoms with van der Waals surface area (Å²) in [5.74, 6) is 1.71. The Labute approximate surface area is 117 Å². The van der Waals surface area contributed by atoms with Gasteiger partial charge in [0, 0.05) is 24.7 Å². The van der Waals surface area contributed by atoms with E-state index in [0.29, 0.717) is 0 Å². The first-order valence-corrected chi connectivity index (χ1v) is 7.92. The maximum Gasteiger partial charge on any atom is 0.0376 e. The van der Waals surface area contributed by atoms with Gasteiger partial charge in [0.05, 0.1) is 0 Å². The van der Waals surface area contributed by atoms with E-state index < -0.39 is 0 Å². The number of piperidine rings is 1. The zero-order chi connectivity index (χ0) is 13.1. The molecular weight excluding hydrogens is 232 g/mol. The summed E-state index contributed by atoms with van der Waals surface area (Å²) in [4.78, 5) is 2.69. The lowest BCUT2D eigenvalue weighted by Crippen LogP contribution is -2.37. The van der Waals surface area contributed by atoms with Crippen LogP contribution in [0.3, 0.4) is 0 Å². The van der Waals surface area contributed by atoms with Gasteiger partial charge in [0.2, 0.25) is 0 Å². The SMILES string of the molecule is CCC1CCN(CC2CCNc3ccccc32)CC1. The van der Waals surface area contributed by atoms with E-state index in [2.05, 4.69) is 41.4 Å². The van der Waals surface area contributed by atoms with Crippen molar-refractivity contribution in [2.75, 3.05) is 31.5 Å². The van der Waals surface area contributed by atoms with Crippen LogP contribution in [0.5, 0.6) is 0 Å². The highest BCUT2D eigenvalue weighted by atomic mass is 15.1. The molecule has 1 N–H and O–H groups in total. The molecule has 1 saturated heterocycles. The maximum atomic E-state index is 3.53. The number of para-hydroxylation sites is 1. The number of fused-ring (bicyclic) bond motifs is 1. The molecule has 104 valence electrons. The molecule has 0 saturated carbocycles. The molecule has 0 aromatic heterocycles. The summed E-state index contributed by atoms with van der Waals surface area (Å²) in [5.41, 5.74) is 2.90. The second-order valence-corrected chi connectivity index (χ2v) is 6.15. The Hall–Kier alpha value is -1.02. The van der Waals surface area contributed by atoms with Crippen LogP contribution >= 0.6 is 0 Å².